The van der Waals surface area contributed by atoms with Crippen LogP contribution in [-0.4, -0.2) is 106 Å². The van der Waals surface area contributed by atoms with E-state index in [9.17, 15) is 27.6 Å². The predicted octanol–water partition coefficient (Wildman–Crippen LogP) is 12.5. The fourth-order valence-electron chi connectivity index (χ4n) is 8.60. The maximum atomic E-state index is 13.0. The van der Waals surface area contributed by atoms with Gasteiger partial charge >= 0.3 is 0 Å². The molecule has 12 aromatic rings. The van der Waals surface area contributed by atoms with E-state index in [0.717, 1.165) is 97.6 Å². The number of hydrogen-bond acceptors (Lipinski definition) is 14. The van der Waals surface area contributed by atoms with Crippen LogP contribution in [-0.2, 0) is 22.9 Å². The van der Waals surface area contributed by atoms with Gasteiger partial charge in [-0.25, -0.2) is 29.9 Å². The van der Waals surface area contributed by atoms with Crippen molar-refractivity contribution in [1.29, 1.82) is 0 Å². The van der Waals surface area contributed by atoms with E-state index in [2.05, 4.69) is 104 Å². The molecule has 0 aliphatic rings. The lowest BCUT2D eigenvalue weighted by Crippen LogP contribution is -2.22. The Morgan fingerprint density at radius 1 is 0.523 bits per heavy atom. The third-order valence-corrected chi connectivity index (χ3v) is 16.8. The van der Waals surface area contributed by atoms with Gasteiger partial charge in [-0.2, -0.15) is 13.2 Å². The van der Waals surface area contributed by atoms with E-state index in [0.29, 0.717) is 48.2 Å². The maximum Gasteiger partial charge on any atom is 0.258 e. The Morgan fingerprint density at radius 2 is 0.965 bits per heavy atom. The van der Waals surface area contributed by atoms with E-state index in [1.54, 1.807) is 43.1 Å². The molecule has 0 radical (unpaired) electrons. The molecule has 20 nitrogen and oxygen atoms in total. The summed E-state index contributed by atoms with van der Waals surface area (Å²) < 4.78 is 53.8. The second-order valence-corrected chi connectivity index (χ2v) is 33.6. The number of halogens is 4. The summed E-state index contributed by atoms with van der Waals surface area (Å²) in [6.45, 7) is 16.3. The van der Waals surface area contributed by atoms with Crippen molar-refractivity contribution in [3.63, 3.8) is 0 Å². The summed E-state index contributed by atoms with van der Waals surface area (Å²) in [5.74, 6) is -2.52. The molecule has 3 amide bonds. The summed E-state index contributed by atoms with van der Waals surface area (Å²) in [6, 6.07) is 26.4. The van der Waals surface area contributed by atoms with Crippen molar-refractivity contribution < 1.29 is 37.0 Å². The third kappa shape index (κ3) is 15.7. The normalized spacial score (nSPS) is 11.5. The number of carbonyl (C=O) groups is 3. The number of anilines is 2. The van der Waals surface area contributed by atoms with Crippen molar-refractivity contribution in [1.82, 2.24) is 59.0 Å². The molecule has 0 atom stereocenters. The number of aromatic nitrogens is 12. The number of hydrogen-bond donors (Lipinski definition) is 4. The van der Waals surface area contributed by atoms with Crippen LogP contribution in [0.4, 0.5) is 24.8 Å². The summed E-state index contributed by atoms with van der Waals surface area (Å²) in [4.78, 5) is 74.4. The molecule has 0 aromatic carbocycles. The number of amides is 3. The lowest BCUT2D eigenvalue weighted by atomic mass is 10.2. The van der Waals surface area contributed by atoms with Crippen LogP contribution in [0.3, 0.4) is 0 Å². The topological polar surface area (TPSA) is 261 Å². The highest BCUT2D eigenvalue weighted by Gasteiger charge is 2.19. The van der Waals surface area contributed by atoms with Crippen molar-refractivity contribution in [2.24, 2.45) is 5.73 Å². The Balaban J connectivity index is 0.000000145. The Labute approximate surface area is 497 Å². The zero-order valence-corrected chi connectivity index (χ0v) is 50.4. The molecule has 0 bridgehead atoms. The fraction of sp³-hybridized carbons (Fsp3) is 0.200. The van der Waals surface area contributed by atoms with Crippen LogP contribution < -0.4 is 16.4 Å². The number of primary amides is 1. The number of ether oxygens (including phenoxy) is 2. The molecule has 12 aromatic heterocycles. The minimum atomic E-state index is -1.19. The molecule has 5 N–H and O–H groups in total. The van der Waals surface area contributed by atoms with E-state index in [1.807, 2.05) is 53.2 Å². The smallest absolute Gasteiger partial charge is 0.258 e. The number of fused-ring (bicyclic) bond motifs is 9. The largest absolute Gasteiger partial charge is 0.366 e. The molecule has 12 heterocycles. The third-order valence-electron chi connectivity index (χ3n) is 13.2. The highest BCUT2D eigenvalue weighted by Crippen LogP contribution is 2.31. The molecule has 0 unspecified atom stereocenters. The summed E-state index contributed by atoms with van der Waals surface area (Å²) in [6.07, 6.45) is 14.1. The summed E-state index contributed by atoms with van der Waals surface area (Å²) >= 11 is 6.06. The van der Waals surface area contributed by atoms with Crippen LogP contribution in [0.2, 0.25) is 56.5 Å². The summed E-state index contributed by atoms with van der Waals surface area (Å²) in [5.41, 5.74) is 10.8. The van der Waals surface area contributed by atoms with Gasteiger partial charge in [-0.3, -0.25) is 29.3 Å². The zero-order valence-electron chi connectivity index (χ0n) is 47.6. The van der Waals surface area contributed by atoms with Crippen molar-refractivity contribution >= 4 is 123 Å². The van der Waals surface area contributed by atoms with Gasteiger partial charge in [0, 0.05) is 117 Å². The van der Waals surface area contributed by atoms with Gasteiger partial charge in [0.25, 0.3) is 11.8 Å². The van der Waals surface area contributed by atoms with Crippen LogP contribution in [0.5, 0.6) is 0 Å². The standard InChI is InChI=1S/C22H24FN5O2Si.C16H20ClN3OSi.C16H10FN5O.C6H5FN2O/c1-31(2,3)11-10-30-14-28-18-8-9-24-13-17(18)16-5-7-20(26-21(16)28)27-22(29)15-4-6-19(23)25-12-15;1-22(2,3)9-8-21-11-20-14-6-7-18-10-13(14)12-4-5-15(17)19-16(12)20;17-13-3-1-9(7-19-13)16(23)22-14-4-2-10-11-8-18-6-5-12(11)20-15(10)21-14;7-5-2-1-4(3-9-5)6(8)10/h4-9,12-13H,10-11,14H2,1-3H3,(H,26,27,29);4-7,10H,8-9,11H2,1-3H3;1-8H,(H2,20,21,22,23);1-3H,(H2,8,10). The van der Waals surface area contributed by atoms with Gasteiger partial charge in [-0.15, -0.1) is 0 Å². The van der Waals surface area contributed by atoms with Gasteiger partial charge < -0.3 is 40.0 Å². The van der Waals surface area contributed by atoms with Crippen LogP contribution in [0.15, 0.2) is 147 Å². The Bertz CT molecular complexity index is 4370. The van der Waals surface area contributed by atoms with E-state index < -0.39 is 51.7 Å². The molecule has 0 saturated heterocycles. The van der Waals surface area contributed by atoms with Crippen LogP contribution in [0.25, 0.3) is 65.8 Å². The molecule has 0 fully saturated rings. The van der Waals surface area contributed by atoms with E-state index in [-0.39, 0.29) is 16.7 Å². The lowest BCUT2D eigenvalue weighted by molar-refractivity contribution is 0.0924. The van der Waals surface area contributed by atoms with Crippen LogP contribution >= 0.6 is 11.6 Å². The second kappa shape index (κ2) is 27.1. The monoisotopic (exact) mass is 1220 g/mol. The lowest BCUT2D eigenvalue weighted by Gasteiger charge is -2.16. The summed E-state index contributed by atoms with van der Waals surface area (Å²) in [7, 11) is -2.26. The Kier molecular flexibility index (Phi) is 19.3. The Hall–Kier alpha value is -9.41. The van der Waals surface area contributed by atoms with Gasteiger partial charge in [-0.1, -0.05) is 50.9 Å². The molecule has 0 aliphatic carbocycles. The molecular weight excluding hydrogens is 1160 g/mol. The van der Waals surface area contributed by atoms with Gasteiger partial charge in [0.1, 0.15) is 47.2 Å². The number of nitrogens with one attached hydrogen (secondary N) is 3. The first-order chi connectivity index (χ1) is 41.2. The van der Waals surface area contributed by atoms with Gasteiger partial charge in [0.2, 0.25) is 23.8 Å². The van der Waals surface area contributed by atoms with E-state index in [4.69, 9.17) is 26.8 Å². The molecule has 26 heteroatoms. The SMILES string of the molecule is C[Si](C)(C)CCOCn1c2ccncc2c2ccc(Cl)nc21.C[Si](C)(C)CCOCn1c2ccncc2c2ccc(NC(=O)c3ccc(F)nc3)nc21.NC(=O)c1ccc(F)nc1.O=C(Nc1ccc2c(n1)[nH]c1ccncc12)c1ccc(F)nc1. The number of pyridine rings is 9. The van der Waals surface area contributed by atoms with Crippen LogP contribution in [0.1, 0.15) is 31.1 Å². The highest BCUT2D eigenvalue weighted by atomic mass is 35.5. The van der Waals surface area contributed by atoms with E-state index >= 15 is 0 Å². The van der Waals surface area contributed by atoms with Crippen molar-refractivity contribution in [3.8, 4) is 0 Å². The average molecular weight is 1220 g/mol. The number of rotatable bonds is 15. The molecule has 0 aliphatic heterocycles. The first-order valence-corrected chi connectivity index (χ1v) is 34.7. The first-order valence-electron chi connectivity index (χ1n) is 26.9. The van der Waals surface area contributed by atoms with Crippen molar-refractivity contribution in [2.45, 2.75) is 64.8 Å². The van der Waals surface area contributed by atoms with Crippen molar-refractivity contribution in [3.05, 3.63) is 186 Å². The molecule has 86 heavy (non-hydrogen) atoms. The minimum Gasteiger partial charge on any atom is -0.366 e. The molecule has 0 saturated carbocycles. The zero-order chi connectivity index (χ0) is 61.1. The fourth-order valence-corrected chi connectivity index (χ4v) is 10.3. The number of carbonyl (C=O) groups excluding carboxylic acids is 3. The predicted molar refractivity (Wildman–Crippen MR) is 332 cm³/mol. The van der Waals surface area contributed by atoms with Gasteiger partial charge in [0.05, 0.1) is 33.2 Å². The minimum absolute atomic E-state index is 0.210. The molecule has 12 rings (SSSR count). The number of aromatic amines is 1. The van der Waals surface area contributed by atoms with Crippen molar-refractivity contribution in [2.75, 3.05) is 23.8 Å². The first kappa shape index (κ1) is 61.2. The maximum absolute atomic E-state index is 13.0. The number of nitrogens with zero attached hydrogens (tertiary/aromatic N) is 11. The molecule has 0 spiro atoms. The molecule has 440 valence electrons. The highest BCUT2D eigenvalue weighted by molar-refractivity contribution is 6.76. The average Bonchev–Trinajstić information content (AvgIpc) is 1.75. The van der Waals surface area contributed by atoms with Gasteiger partial charge in [0.15, 0.2) is 0 Å². The van der Waals surface area contributed by atoms with E-state index in [1.165, 1.54) is 30.6 Å². The number of nitrogens with two attached hydrogens (primary N) is 1. The summed E-state index contributed by atoms with van der Waals surface area (Å²) in [5, 5.41) is 11.8. The van der Waals surface area contributed by atoms with Gasteiger partial charge in [-0.05, 0) is 103 Å². The van der Waals surface area contributed by atoms with Crippen LogP contribution in [0, 0.1) is 17.8 Å². The Morgan fingerprint density at radius 3 is 1.44 bits per heavy atom. The quantitative estimate of drug-likeness (QED) is 0.0423. The number of H-pyrrole nitrogens is 1. The second-order valence-electron chi connectivity index (χ2n) is 21.9. The molecular formula is C60H59ClF3N15O5Si2.